The van der Waals surface area contributed by atoms with Crippen LogP contribution >= 0.6 is 0 Å². The van der Waals surface area contributed by atoms with Gasteiger partial charge in [0.25, 0.3) is 0 Å². The largest absolute Gasteiger partial charge is 0.501 e. The van der Waals surface area contributed by atoms with Crippen LogP contribution in [0.25, 0.3) is 0 Å². The van der Waals surface area contributed by atoms with E-state index in [9.17, 15) is 0 Å². The number of hydrogen-bond acceptors (Lipinski definition) is 3. The highest BCUT2D eigenvalue weighted by Gasteiger charge is 2.25. The lowest BCUT2D eigenvalue weighted by molar-refractivity contribution is 0.0490. The van der Waals surface area contributed by atoms with Crippen LogP contribution in [0.15, 0.2) is 11.8 Å². The van der Waals surface area contributed by atoms with Crippen LogP contribution in [0.5, 0.6) is 0 Å². The van der Waals surface area contributed by atoms with E-state index in [0.717, 1.165) is 32.7 Å². The second-order valence-corrected chi connectivity index (χ2v) is 3.82. The van der Waals surface area contributed by atoms with E-state index in [-0.39, 0.29) is 6.04 Å². The highest BCUT2D eigenvalue weighted by molar-refractivity contribution is 5.12. The molecule has 0 radical (unpaired) electrons. The first-order chi connectivity index (χ1) is 6.38. The van der Waals surface area contributed by atoms with Crippen molar-refractivity contribution in [2.45, 2.75) is 25.3 Å². The Labute approximate surface area is 78.9 Å². The summed E-state index contributed by atoms with van der Waals surface area (Å²) in [6, 6.07) is 0.155. The van der Waals surface area contributed by atoms with Gasteiger partial charge >= 0.3 is 0 Å². The van der Waals surface area contributed by atoms with Crippen LogP contribution in [-0.2, 0) is 9.47 Å². The third-order valence-electron chi connectivity index (χ3n) is 2.87. The average molecular weight is 183 g/mol. The summed E-state index contributed by atoms with van der Waals surface area (Å²) in [6.07, 6.45) is 5.17. The van der Waals surface area contributed by atoms with Gasteiger partial charge < -0.3 is 15.2 Å². The average Bonchev–Trinajstić information content (AvgIpc) is 2.71. The fourth-order valence-electron chi connectivity index (χ4n) is 2.00. The normalized spacial score (nSPS) is 30.8. The molecule has 0 saturated carbocycles. The molecule has 13 heavy (non-hydrogen) atoms. The second kappa shape index (κ2) is 4.11. The van der Waals surface area contributed by atoms with Crippen LogP contribution < -0.4 is 5.73 Å². The van der Waals surface area contributed by atoms with Crippen molar-refractivity contribution in [3.05, 3.63) is 11.8 Å². The predicted molar refractivity (Wildman–Crippen MR) is 50.2 cm³/mol. The first-order valence-electron chi connectivity index (χ1n) is 5.02. The van der Waals surface area contributed by atoms with Crippen molar-refractivity contribution in [1.82, 2.24) is 0 Å². The summed E-state index contributed by atoms with van der Waals surface area (Å²) < 4.78 is 10.6. The molecule has 2 unspecified atom stereocenters. The predicted octanol–water partition coefficient (Wildman–Crippen LogP) is 1.04. The molecule has 74 valence electrons. The third-order valence-corrected chi connectivity index (χ3v) is 2.87. The number of hydrogen-bond donors (Lipinski definition) is 1. The molecular formula is C10H17NO2. The quantitative estimate of drug-likeness (QED) is 0.695. The Bertz CT molecular complexity index is 197. The van der Waals surface area contributed by atoms with Crippen molar-refractivity contribution < 1.29 is 9.47 Å². The van der Waals surface area contributed by atoms with Gasteiger partial charge in [-0.1, -0.05) is 0 Å². The molecule has 0 aromatic carbocycles. The highest BCUT2D eigenvalue weighted by atomic mass is 16.5. The van der Waals surface area contributed by atoms with Crippen LogP contribution in [0.1, 0.15) is 19.3 Å². The maximum absolute atomic E-state index is 6.13. The fraction of sp³-hybridized carbons (Fsp3) is 0.800. The van der Waals surface area contributed by atoms with Crippen molar-refractivity contribution in [2.75, 3.05) is 19.8 Å². The molecule has 3 nitrogen and oxygen atoms in total. The second-order valence-electron chi connectivity index (χ2n) is 3.82. The smallest absolute Gasteiger partial charge is 0.0912 e. The molecule has 2 aliphatic heterocycles. The summed E-state index contributed by atoms with van der Waals surface area (Å²) in [4.78, 5) is 0. The Kier molecular flexibility index (Phi) is 2.86. The molecule has 0 amide bonds. The van der Waals surface area contributed by atoms with Gasteiger partial charge in [-0.2, -0.15) is 0 Å². The van der Waals surface area contributed by atoms with Gasteiger partial charge in [0.1, 0.15) is 0 Å². The van der Waals surface area contributed by atoms with Crippen LogP contribution in [0.2, 0.25) is 0 Å². The standard InChI is InChI=1S/C10H17NO2/c11-10(9-3-5-13-7-9)8-2-1-4-12-6-8/h7-8,10H,1-6,11H2. The summed E-state index contributed by atoms with van der Waals surface area (Å²) in [6.45, 7) is 2.52. The van der Waals surface area contributed by atoms with Gasteiger partial charge in [0.05, 0.1) is 19.5 Å². The first-order valence-corrected chi connectivity index (χ1v) is 5.02. The van der Waals surface area contributed by atoms with Crippen LogP contribution in [0.4, 0.5) is 0 Å². The van der Waals surface area contributed by atoms with E-state index in [1.54, 1.807) is 0 Å². The molecule has 0 aliphatic carbocycles. The minimum absolute atomic E-state index is 0.155. The lowest BCUT2D eigenvalue weighted by atomic mass is 9.89. The van der Waals surface area contributed by atoms with E-state index < -0.39 is 0 Å². The van der Waals surface area contributed by atoms with Crippen molar-refractivity contribution in [3.8, 4) is 0 Å². The van der Waals surface area contributed by atoms with Crippen molar-refractivity contribution in [1.29, 1.82) is 0 Å². The first kappa shape index (κ1) is 9.03. The maximum atomic E-state index is 6.13. The summed E-state index contributed by atoms with van der Waals surface area (Å²) in [7, 11) is 0. The molecule has 2 aliphatic rings. The van der Waals surface area contributed by atoms with Gasteiger partial charge in [0.2, 0.25) is 0 Å². The monoisotopic (exact) mass is 183 g/mol. The molecule has 2 heterocycles. The minimum atomic E-state index is 0.155. The lowest BCUT2D eigenvalue weighted by Gasteiger charge is -2.27. The molecule has 2 atom stereocenters. The molecule has 3 heteroatoms. The Morgan fingerprint density at radius 2 is 2.38 bits per heavy atom. The minimum Gasteiger partial charge on any atom is -0.501 e. The van der Waals surface area contributed by atoms with Gasteiger partial charge in [-0.3, -0.25) is 0 Å². The van der Waals surface area contributed by atoms with Gasteiger partial charge in [0, 0.05) is 25.0 Å². The summed E-state index contributed by atoms with van der Waals surface area (Å²) >= 11 is 0. The zero-order chi connectivity index (χ0) is 9.10. The molecule has 0 aromatic heterocycles. The summed E-state index contributed by atoms with van der Waals surface area (Å²) in [5.41, 5.74) is 7.39. The number of nitrogens with two attached hydrogens (primary N) is 1. The maximum Gasteiger partial charge on any atom is 0.0912 e. The zero-order valence-electron chi connectivity index (χ0n) is 7.87. The van der Waals surface area contributed by atoms with Crippen molar-refractivity contribution >= 4 is 0 Å². The van der Waals surface area contributed by atoms with Crippen molar-refractivity contribution in [2.24, 2.45) is 11.7 Å². The number of ether oxygens (including phenoxy) is 2. The molecule has 2 N–H and O–H groups in total. The van der Waals surface area contributed by atoms with E-state index in [4.69, 9.17) is 15.2 Å². The van der Waals surface area contributed by atoms with Crippen LogP contribution in [0, 0.1) is 5.92 Å². The van der Waals surface area contributed by atoms with Crippen LogP contribution in [-0.4, -0.2) is 25.9 Å². The molecule has 2 rings (SSSR count). The van der Waals surface area contributed by atoms with Crippen molar-refractivity contribution in [3.63, 3.8) is 0 Å². The molecule has 1 fully saturated rings. The Morgan fingerprint density at radius 1 is 1.46 bits per heavy atom. The molecule has 0 aromatic rings. The topological polar surface area (TPSA) is 44.5 Å². The van der Waals surface area contributed by atoms with Gasteiger partial charge in [-0.05, 0) is 18.4 Å². The molecule has 1 saturated heterocycles. The van der Waals surface area contributed by atoms with Gasteiger partial charge in [-0.25, -0.2) is 0 Å². The highest BCUT2D eigenvalue weighted by Crippen LogP contribution is 2.24. The van der Waals surface area contributed by atoms with E-state index >= 15 is 0 Å². The number of rotatable bonds is 2. The SMILES string of the molecule is NC(C1=COCC1)C1CCCOC1. The Balaban J connectivity index is 1.90. The van der Waals surface area contributed by atoms with E-state index in [0.29, 0.717) is 5.92 Å². The van der Waals surface area contributed by atoms with Crippen LogP contribution in [0.3, 0.4) is 0 Å². The molecule has 0 bridgehead atoms. The van der Waals surface area contributed by atoms with Gasteiger partial charge in [0.15, 0.2) is 0 Å². The zero-order valence-corrected chi connectivity index (χ0v) is 7.87. The Morgan fingerprint density at radius 3 is 3.00 bits per heavy atom. The molecular weight excluding hydrogens is 166 g/mol. The Hall–Kier alpha value is -0.540. The van der Waals surface area contributed by atoms with E-state index in [2.05, 4.69) is 0 Å². The van der Waals surface area contributed by atoms with Gasteiger partial charge in [-0.15, -0.1) is 0 Å². The lowest BCUT2D eigenvalue weighted by Crippen LogP contribution is -2.37. The summed E-state index contributed by atoms with van der Waals surface area (Å²) in [5.74, 6) is 0.502. The van der Waals surface area contributed by atoms with E-state index in [1.807, 2.05) is 6.26 Å². The summed E-state index contributed by atoms with van der Waals surface area (Å²) in [5, 5.41) is 0. The third kappa shape index (κ3) is 2.03. The molecule has 0 spiro atoms. The van der Waals surface area contributed by atoms with E-state index in [1.165, 1.54) is 12.0 Å². The fourth-order valence-corrected chi connectivity index (χ4v) is 2.00.